The van der Waals surface area contributed by atoms with Gasteiger partial charge in [0.1, 0.15) is 9.84 Å². The molecule has 0 amide bonds. The standard InChI is InChI=1S/C20H22N2O7S/c1-4-29-18-10-12(6-8-17(18)28-2)16(11-30(3,26)27)22-15-7-5-13(19(23)24)9-14(15)21-20(22)25/h5-10,16H,4,11H2,1-3H3,(H,21,25)(H,23,24)/t16-/m1/s1. The number of aromatic carboxylic acids is 1. The van der Waals surface area contributed by atoms with Crippen LogP contribution in [0, 0.1) is 0 Å². The first-order chi connectivity index (χ1) is 14.1. The number of sulfone groups is 1. The van der Waals surface area contributed by atoms with Gasteiger partial charge in [0.05, 0.1) is 42.1 Å². The molecular weight excluding hydrogens is 412 g/mol. The monoisotopic (exact) mass is 434 g/mol. The Bertz CT molecular complexity index is 1260. The summed E-state index contributed by atoms with van der Waals surface area (Å²) in [5.74, 6) is -0.554. The minimum absolute atomic E-state index is 0.0126. The lowest BCUT2D eigenvalue weighted by molar-refractivity contribution is 0.0697. The van der Waals surface area contributed by atoms with E-state index in [1.54, 1.807) is 18.2 Å². The molecular formula is C20H22N2O7S. The Kier molecular flexibility index (Phi) is 5.88. The van der Waals surface area contributed by atoms with Crippen LogP contribution in [0.3, 0.4) is 0 Å². The first-order valence-electron chi connectivity index (χ1n) is 9.10. The highest BCUT2D eigenvalue weighted by Gasteiger charge is 2.25. The molecule has 0 aliphatic rings. The van der Waals surface area contributed by atoms with Gasteiger partial charge < -0.3 is 19.6 Å². The van der Waals surface area contributed by atoms with E-state index in [1.165, 1.54) is 29.9 Å². The number of nitrogens with zero attached hydrogens (tertiary/aromatic N) is 1. The lowest BCUT2D eigenvalue weighted by Gasteiger charge is -2.20. The molecule has 0 unspecified atom stereocenters. The zero-order valence-electron chi connectivity index (χ0n) is 16.7. The van der Waals surface area contributed by atoms with Crippen LogP contribution in [-0.2, 0) is 9.84 Å². The van der Waals surface area contributed by atoms with Crippen molar-refractivity contribution in [2.75, 3.05) is 25.7 Å². The summed E-state index contributed by atoms with van der Waals surface area (Å²) in [6, 6.07) is 8.31. The number of hydrogen-bond donors (Lipinski definition) is 2. The Morgan fingerprint density at radius 2 is 1.93 bits per heavy atom. The Hall–Kier alpha value is -3.27. The largest absolute Gasteiger partial charge is 0.493 e. The number of fused-ring (bicyclic) bond motifs is 1. The molecule has 1 aromatic heterocycles. The second kappa shape index (κ2) is 8.23. The normalized spacial score (nSPS) is 12.6. The van der Waals surface area contributed by atoms with E-state index >= 15 is 0 Å². The number of rotatable bonds is 8. The van der Waals surface area contributed by atoms with Crippen LogP contribution >= 0.6 is 0 Å². The number of carboxylic acids is 1. The van der Waals surface area contributed by atoms with Gasteiger partial charge in [-0.15, -0.1) is 0 Å². The molecule has 2 N–H and O–H groups in total. The predicted molar refractivity (Wildman–Crippen MR) is 112 cm³/mol. The number of carbonyl (C=O) groups is 1. The second-order valence-corrected chi connectivity index (χ2v) is 8.97. The van der Waals surface area contributed by atoms with Gasteiger partial charge in [0.25, 0.3) is 0 Å². The van der Waals surface area contributed by atoms with Crippen LogP contribution in [0.5, 0.6) is 11.5 Å². The van der Waals surface area contributed by atoms with E-state index in [4.69, 9.17) is 9.47 Å². The fourth-order valence-corrected chi connectivity index (χ4v) is 4.26. The van der Waals surface area contributed by atoms with Crippen molar-refractivity contribution >= 4 is 26.8 Å². The average Bonchev–Trinajstić information content (AvgIpc) is 3.00. The van der Waals surface area contributed by atoms with E-state index in [-0.39, 0.29) is 11.3 Å². The number of nitrogens with one attached hydrogen (secondary N) is 1. The Morgan fingerprint density at radius 3 is 2.53 bits per heavy atom. The van der Waals surface area contributed by atoms with E-state index in [0.717, 1.165) is 6.26 Å². The molecule has 30 heavy (non-hydrogen) atoms. The maximum Gasteiger partial charge on any atom is 0.335 e. The van der Waals surface area contributed by atoms with Crippen molar-refractivity contribution in [3.05, 3.63) is 58.0 Å². The number of benzene rings is 2. The van der Waals surface area contributed by atoms with Gasteiger partial charge in [-0.2, -0.15) is 0 Å². The molecule has 3 rings (SSSR count). The molecule has 0 aliphatic carbocycles. The number of methoxy groups -OCH3 is 1. The molecule has 0 spiro atoms. The quantitative estimate of drug-likeness (QED) is 0.555. The van der Waals surface area contributed by atoms with E-state index in [2.05, 4.69) is 4.98 Å². The summed E-state index contributed by atoms with van der Waals surface area (Å²) in [5.41, 5.74) is 0.702. The minimum Gasteiger partial charge on any atom is -0.493 e. The SMILES string of the molecule is CCOc1cc([C@@H](CS(C)(=O)=O)n2c(=O)[nH]c3cc(C(=O)O)ccc32)ccc1OC. The van der Waals surface area contributed by atoms with E-state index in [0.29, 0.717) is 34.7 Å². The summed E-state index contributed by atoms with van der Waals surface area (Å²) in [5, 5.41) is 9.19. The number of carboxylic acid groups (broad SMARTS) is 1. The molecule has 0 saturated heterocycles. The Balaban J connectivity index is 2.23. The number of aromatic nitrogens is 2. The predicted octanol–water partition coefficient (Wildman–Crippen LogP) is 2.07. The van der Waals surface area contributed by atoms with Gasteiger partial charge >= 0.3 is 11.7 Å². The summed E-state index contributed by atoms with van der Waals surface area (Å²) in [6.45, 7) is 2.19. The molecule has 1 heterocycles. The lowest BCUT2D eigenvalue weighted by atomic mass is 10.1. The summed E-state index contributed by atoms with van der Waals surface area (Å²) in [7, 11) is -1.99. The van der Waals surface area contributed by atoms with Gasteiger partial charge in [0.2, 0.25) is 0 Å². The molecule has 1 atom stereocenters. The topological polar surface area (TPSA) is 128 Å². The summed E-state index contributed by atoms with van der Waals surface area (Å²) in [6.07, 6.45) is 1.09. The second-order valence-electron chi connectivity index (χ2n) is 6.79. The molecule has 0 bridgehead atoms. The van der Waals surface area contributed by atoms with Gasteiger partial charge in [-0.1, -0.05) is 6.07 Å². The minimum atomic E-state index is -3.49. The Labute approximate surface area is 172 Å². The van der Waals surface area contributed by atoms with E-state index < -0.39 is 27.5 Å². The van der Waals surface area contributed by atoms with E-state index in [9.17, 15) is 23.1 Å². The smallest absolute Gasteiger partial charge is 0.335 e. The fraction of sp³-hybridized carbons (Fsp3) is 0.300. The van der Waals surface area contributed by atoms with Crippen LogP contribution in [0.1, 0.15) is 28.9 Å². The molecule has 3 aromatic rings. The van der Waals surface area contributed by atoms with Crippen LogP contribution in [0.25, 0.3) is 11.0 Å². The van der Waals surface area contributed by atoms with Crippen LogP contribution in [0.2, 0.25) is 0 Å². The third kappa shape index (κ3) is 4.33. The highest BCUT2D eigenvalue weighted by atomic mass is 32.2. The van der Waals surface area contributed by atoms with Crippen LogP contribution in [-0.4, -0.2) is 54.8 Å². The van der Waals surface area contributed by atoms with Gasteiger partial charge in [-0.25, -0.2) is 18.0 Å². The Morgan fingerprint density at radius 1 is 1.20 bits per heavy atom. The molecule has 10 heteroatoms. The number of hydrogen-bond acceptors (Lipinski definition) is 6. The third-order valence-electron chi connectivity index (χ3n) is 4.61. The molecule has 0 saturated carbocycles. The molecule has 0 fully saturated rings. The van der Waals surface area contributed by atoms with Gasteiger partial charge in [-0.05, 0) is 42.8 Å². The van der Waals surface area contributed by atoms with Crippen molar-refractivity contribution in [1.82, 2.24) is 9.55 Å². The van der Waals surface area contributed by atoms with Crippen LogP contribution in [0.15, 0.2) is 41.2 Å². The molecule has 160 valence electrons. The molecule has 2 aromatic carbocycles. The van der Waals surface area contributed by atoms with Gasteiger partial charge in [0, 0.05) is 6.26 Å². The van der Waals surface area contributed by atoms with Crippen LogP contribution in [0.4, 0.5) is 0 Å². The van der Waals surface area contributed by atoms with Crippen molar-refractivity contribution in [2.45, 2.75) is 13.0 Å². The zero-order chi connectivity index (χ0) is 22.1. The third-order valence-corrected chi connectivity index (χ3v) is 5.53. The van der Waals surface area contributed by atoms with Gasteiger partial charge in [-0.3, -0.25) is 4.57 Å². The number of imidazole rings is 1. The van der Waals surface area contributed by atoms with Crippen LogP contribution < -0.4 is 15.2 Å². The maximum atomic E-state index is 12.8. The molecule has 0 radical (unpaired) electrons. The first kappa shape index (κ1) is 21.4. The zero-order valence-corrected chi connectivity index (χ0v) is 17.5. The average molecular weight is 434 g/mol. The van der Waals surface area contributed by atoms with Crippen molar-refractivity contribution < 1.29 is 27.8 Å². The number of ether oxygens (including phenoxy) is 2. The lowest BCUT2D eigenvalue weighted by Crippen LogP contribution is -2.28. The van der Waals surface area contributed by atoms with Gasteiger partial charge in [0.15, 0.2) is 11.5 Å². The highest BCUT2D eigenvalue weighted by Crippen LogP contribution is 2.33. The van der Waals surface area contributed by atoms with E-state index in [1.807, 2.05) is 6.92 Å². The molecule has 0 aliphatic heterocycles. The van der Waals surface area contributed by atoms with Crippen molar-refractivity contribution in [1.29, 1.82) is 0 Å². The first-order valence-corrected chi connectivity index (χ1v) is 11.2. The maximum absolute atomic E-state index is 12.8. The fourth-order valence-electron chi connectivity index (χ4n) is 3.35. The number of aromatic amines is 1. The summed E-state index contributed by atoms with van der Waals surface area (Å²) >= 11 is 0. The highest BCUT2D eigenvalue weighted by molar-refractivity contribution is 7.90. The summed E-state index contributed by atoms with van der Waals surface area (Å²) in [4.78, 5) is 26.6. The van der Waals surface area contributed by atoms with Crippen molar-refractivity contribution in [3.8, 4) is 11.5 Å². The summed E-state index contributed by atoms with van der Waals surface area (Å²) < 4.78 is 36.5. The van der Waals surface area contributed by atoms with Crippen molar-refractivity contribution in [3.63, 3.8) is 0 Å². The molecule has 9 nitrogen and oxygen atoms in total. The van der Waals surface area contributed by atoms with Crippen molar-refractivity contribution in [2.24, 2.45) is 0 Å². The number of H-pyrrole nitrogens is 1.